The van der Waals surface area contributed by atoms with E-state index < -0.39 is 19.9 Å². The monoisotopic (exact) mass is 640 g/mol. The van der Waals surface area contributed by atoms with Crippen LogP contribution in [0.15, 0.2) is 96.0 Å². The summed E-state index contributed by atoms with van der Waals surface area (Å²) in [6, 6.07) is 23.7. The molecule has 0 spiro atoms. The standard InChI is InChI=1S/C27H21Cl5N4O2S/c28-19-10-12-21(13-11-19)39(37,38)34-26(27(30,31)32)23-17-35(24-9-5-4-8-22(23)24)16-20-14-25(29)36(33-20)15-18-6-2-1-3-7-18/h1-14,17,26,34H,15-16H2. The molecule has 2 aromatic heterocycles. The Hall–Kier alpha value is -2.23. The Morgan fingerprint density at radius 3 is 2.23 bits per heavy atom. The van der Waals surface area contributed by atoms with E-state index in [1.54, 1.807) is 16.9 Å². The van der Waals surface area contributed by atoms with E-state index in [2.05, 4.69) is 9.82 Å². The largest absolute Gasteiger partial charge is 0.341 e. The third-order valence-electron chi connectivity index (χ3n) is 6.14. The number of nitrogens with zero attached hydrogens (tertiary/aromatic N) is 3. The molecule has 0 amide bonds. The second kappa shape index (κ2) is 11.3. The first-order valence-electron chi connectivity index (χ1n) is 11.7. The van der Waals surface area contributed by atoms with Crippen LogP contribution in [0.2, 0.25) is 10.2 Å². The Morgan fingerprint density at radius 2 is 1.54 bits per heavy atom. The minimum absolute atomic E-state index is 0.00603. The second-order valence-electron chi connectivity index (χ2n) is 8.88. The average Bonchev–Trinajstić information content (AvgIpc) is 3.42. The molecule has 1 unspecified atom stereocenters. The molecule has 0 radical (unpaired) electrons. The van der Waals surface area contributed by atoms with Gasteiger partial charge in [-0.15, -0.1) is 0 Å². The number of benzene rings is 3. The molecule has 5 aromatic rings. The Kier molecular flexibility index (Phi) is 8.23. The molecule has 39 heavy (non-hydrogen) atoms. The minimum atomic E-state index is -4.06. The van der Waals surface area contributed by atoms with E-state index in [1.807, 2.05) is 59.2 Å². The highest BCUT2D eigenvalue weighted by Crippen LogP contribution is 2.43. The van der Waals surface area contributed by atoms with Crippen LogP contribution in [-0.2, 0) is 23.1 Å². The highest BCUT2D eigenvalue weighted by atomic mass is 35.6. The van der Waals surface area contributed by atoms with Crippen LogP contribution in [0.1, 0.15) is 22.9 Å². The third-order valence-corrected chi connectivity index (χ3v) is 8.79. The van der Waals surface area contributed by atoms with Crippen molar-refractivity contribution in [3.05, 3.63) is 118 Å². The molecule has 1 atom stereocenters. The Balaban J connectivity index is 1.50. The van der Waals surface area contributed by atoms with Crippen molar-refractivity contribution < 1.29 is 8.42 Å². The smallest absolute Gasteiger partial charge is 0.241 e. The van der Waals surface area contributed by atoms with Crippen molar-refractivity contribution in [2.75, 3.05) is 0 Å². The molecule has 0 aliphatic rings. The van der Waals surface area contributed by atoms with E-state index in [-0.39, 0.29) is 4.90 Å². The molecule has 12 heteroatoms. The maximum atomic E-state index is 13.2. The fourth-order valence-corrected chi connectivity index (χ4v) is 6.65. The van der Waals surface area contributed by atoms with Crippen LogP contribution < -0.4 is 4.72 Å². The molecule has 3 aromatic carbocycles. The molecule has 0 fully saturated rings. The van der Waals surface area contributed by atoms with Crippen LogP contribution in [-0.4, -0.2) is 26.6 Å². The van der Waals surface area contributed by atoms with Gasteiger partial charge in [-0.25, -0.2) is 13.1 Å². The number of rotatable bonds is 8. The number of para-hydroxylation sites is 1. The van der Waals surface area contributed by atoms with Crippen molar-refractivity contribution in [2.24, 2.45) is 0 Å². The summed E-state index contributed by atoms with van der Waals surface area (Å²) in [5, 5.41) is 6.31. The number of fused-ring (bicyclic) bond motifs is 1. The van der Waals surface area contributed by atoms with Crippen molar-refractivity contribution in [3.8, 4) is 0 Å². The quantitative estimate of drug-likeness (QED) is 0.177. The summed E-state index contributed by atoms with van der Waals surface area (Å²) in [5.74, 6) is 0. The number of aromatic nitrogens is 3. The van der Waals surface area contributed by atoms with Crippen LogP contribution >= 0.6 is 58.0 Å². The van der Waals surface area contributed by atoms with E-state index in [0.29, 0.717) is 28.8 Å². The number of sulfonamides is 1. The highest BCUT2D eigenvalue weighted by Gasteiger charge is 2.39. The Morgan fingerprint density at radius 1 is 0.872 bits per heavy atom. The Labute approximate surface area is 251 Å². The maximum absolute atomic E-state index is 13.2. The van der Waals surface area contributed by atoms with Gasteiger partial charge in [0, 0.05) is 28.2 Å². The van der Waals surface area contributed by atoms with Gasteiger partial charge in [0.15, 0.2) is 0 Å². The fraction of sp³-hybridized carbons (Fsp3) is 0.148. The lowest BCUT2D eigenvalue weighted by Gasteiger charge is -2.25. The first-order valence-corrected chi connectivity index (χ1v) is 15.1. The molecule has 0 aliphatic carbocycles. The molecule has 6 nitrogen and oxygen atoms in total. The summed E-state index contributed by atoms with van der Waals surface area (Å²) in [6.07, 6.45) is 1.77. The minimum Gasteiger partial charge on any atom is -0.341 e. The van der Waals surface area contributed by atoms with Gasteiger partial charge in [0.1, 0.15) is 5.15 Å². The lowest BCUT2D eigenvalue weighted by molar-refractivity contribution is 0.558. The molecule has 1 N–H and O–H groups in total. The fourth-order valence-electron chi connectivity index (χ4n) is 4.34. The highest BCUT2D eigenvalue weighted by molar-refractivity contribution is 7.89. The molecular weight excluding hydrogens is 622 g/mol. The van der Waals surface area contributed by atoms with Crippen molar-refractivity contribution in [1.29, 1.82) is 0 Å². The van der Waals surface area contributed by atoms with Crippen LogP contribution in [0.25, 0.3) is 10.9 Å². The average molecular weight is 643 g/mol. The maximum Gasteiger partial charge on any atom is 0.241 e. The zero-order valence-electron chi connectivity index (χ0n) is 20.1. The van der Waals surface area contributed by atoms with Gasteiger partial charge in [-0.2, -0.15) is 9.82 Å². The predicted molar refractivity (Wildman–Crippen MR) is 159 cm³/mol. The van der Waals surface area contributed by atoms with Crippen molar-refractivity contribution in [1.82, 2.24) is 19.1 Å². The molecule has 202 valence electrons. The summed E-state index contributed by atoms with van der Waals surface area (Å²) in [5.41, 5.74) is 3.10. The molecule has 0 aliphatic heterocycles. The van der Waals surface area contributed by atoms with E-state index in [4.69, 9.17) is 58.0 Å². The summed E-state index contributed by atoms with van der Waals surface area (Å²) >= 11 is 31.5. The lowest BCUT2D eigenvalue weighted by Crippen LogP contribution is -2.36. The van der Waals surface area contributed by atoms with Gasteiger partial charge in [-0.3, -0.25) is 0 Å². The van der Waals surface area contributed by atoms with Crippen LogP contribution in [0.3, 0.4) is 0 Å². The predicted octanol–water partition coefficient (Wildman–Crippen LogP) is 7.63. The molecule has 0 saturated heterocycles. The third kappa shape index (κ3) is 6.41. The zero-order chi connectivity index (χ0) is 27.8. The van der Waals surface area contributed by atoms with Gasteiger partial charge in [0.2, 0.25) is 13.8 Å². The van der Waals surface area contributed by atoms with Crippen molar-refractivity contribution >= 4 is 78.9 Å². The number of hydrogen-bond acceptors (Lipinski definition) is 3. The first-order chi connectivity index (χ1) is 18.5. The number of alkyl halides is 3. The van der Waals surface area contributed by atoms with E-state index >= 15 is 0 Å². The summed E-state index contributed by atoms with van der Waals surface area (Å²) in [6.45, 7) is 0.887. The Bertz CT molecular complexity index is 1710. The molecule has 2 heterocycles. The van der Waals surface area contributed by atoms with Gasteiger partial charge < -0.3 is 4.57 Å². The number of nitrogens with one attached hydrogen (secondary N) is 1. The second-order valence-corrected chi connectivity index (χ2v) is 13.8. The summed E-state index contributed by atoms with van der Waals surface area (Å²) in [4.78, 5) is -0.00603. The van der Waals surface area contributed by atoms with Crippen LogP contribution in [0, 0.1) is 0 Å². The summed E-state index contributed by atoms with van der Waals surface area (Å²) < 4.78 is 30.7. The van der Waals surface area contributed by atoms with Gasteiger partial charge in [-0.05, 0) is 41.5 Å². The lowest BCUT2D eigenvalue weighted by atomic mass is 10.1. The molecule has 5 rings (SSSR count). The van der Waals surface area contributed by atoms with E-state index in [9.17, 15) is 8.42 Å². The van der Waals surface area contributed by atoms with Gasteiger partial charge in [-0.1, -0.05) is 107 Å². The number of halogens is 5. The molecule has 0 saturated carbocycles. The van der Waals surface area contributed by atoms with Gasteiger partial charge in [0.25, 0.3) is 0 Å². The first kappa shape index (κ1) is 28.3. The summed E-state index contributed by atoms with van der Waals surface area (Å²) in [7, 11) is -4.06. The van der Waals surface area contributed by atoms with Crippen molar-refractivity contribution in [2.45, 2.75) is 27.8 Å². The van der Waals surface area contributed by atoms with E-state index in [0.717, 1.165) is 22.2 Å². The van der Waals surface area contributed by atoms with E-state index in [1.165, 1.54) is 24.3 Å². The molecular formula is C27H21Cl5N4O2S. The van der Waals surface area contributed by atoms with Gasteiger partial charge >= 0.3 is 0 Å². The van der Waals surface area contributed by atoms with Gasteiger partial charge in [0.05, 0.1) is 29.7 Å². The topological polar surface area (TPSA) is 68.9 Å². The normalized spacial score (nSPS) is 13.2. The SMILES string of the molecule is O=S(=O)(NC(c1cn(Cc2cc(Cl)n(Cc3ccccc3)n2)c2ccccc12)C(Cl)(Cl)Cl)c1ccc(Cl)cc1. The van der Waals surface area contributed by atoms with Crippen molar-refractivity contribution in [3.63, 3.8) is 0 Å². The number of hydrogen-bond donors (Lipinski definition) is 1. The zero-order valence-corrected chi connectivity index (χ0v) is 24.7. The van der Waals surface area contributed by atoms with Crippen LogP contribution in [0.5, 0.6) is 0 Å². The molecule has 0 bridgehead atoms. The van der Waals surface area contributed by atoms with Crippen LogP contribution in [0.4, 0.5) is 0 Å².